The summed E-state index contributed by atoms with van der Waals surface area (Å²) in [6, 6.07) is 64.1. The smallest absolute Gasteiger partial charge is 0.164 e. The van der Waals surface area contributed by atoms with Crippen molar-refractivity contribution < 1.29 is 0 Å². The maximum atomic E-state index is 5.09. The Labute approximate surface area is 321 Å². The number of benzene rings is 9. The second-order valence-corrected chi connectivity index (χ2v) is 14.8. The van der Waals surface area contributed by atoms with Crippen molar-refractivity contribution in [2.24, 2.45) is 0 Å². The molecule has 0 unspecified atom stereocenters. The average molecular weight is 719 g/mol. The molecule has 0 aliphatic heterocycles. The van der Waals surface area contributed by atoms with E-state index in [-0.39, 0.29) is 0 Å². The third-order valence-corrected chi connectivity index (χ3v) is 11.6. The van der Waals surface area contributed by atoms with E-state index in [4.69, 9.17) is 19.9 Å². The van der Waals surface area contributed by atoms with Crippen LogP contribution in [0.4, 0.5) is 0 Å². The van der Waals surface area contributed by atoms with Crippen LogP contribution >= 0.6 is 11.3 Å². The molecule has 11 rings (SSSR count). The molecule has 0 atom stereocenters. The number of fused-ring (bicyclic) bond motifs is 8. The maximum Gasteiger partial charge on any atom is 0.164 e. The van der Waals surface area contributed by atoms with Crippen LogP contribution in [0.5, 0.6) is 0 Å². The van der Waals surface area contributed by atoms with Gasteiger partial charge in [0.2, 0.25) is 0 Å². The van der Waals surface area contributed by atoms with Gasteiger partial charge in [-0.15, -0.1) is 11.3 Å². The van der Waals surface area contributed by atoms with Crippen molar-refractivity contribution in [2.75, 3.05) is 0 Å². The van der Waals surface area contributed by atoms with Crippen LogP contribution in [0.15, 0.2) is 182 Å². The molecule has 55 heavy (non-hydrogen) atoms. The highest BCUT2D eigenvalue weighted by atomic mass is 32.1. The molecule has 2 aromatic heterocycles. The van der Waals surface area contributed by atoms with E-state index in [2.05, 4.69) is 121 Å². The monoisotopic (exact) mass is 718 g/mol. The Balaban J connectivity index is 1.08. The first-order chi connectivity index (χ1) is 27.2. The SMILES string of the molecule is c1ccc(-c2nc(-c3ccccc3)nc(-c3ccc4ccc(-c5cc6ccc7ccc8nc(-c9ccccc9)sc8c7c6c6ccccc56)cc4c3)n2)cc1. The fourth-order valence-electron chi connectivity index (χ4n) is 7.82. The van der Waals surface area contributed by atoms with Crippen LogP contribution in [0.3, 0.4) is 0 Å². The quantitative estimate of drug-likeness (QED) is 0.166. The zero-order valence-corrected chi connectivity index (χ0v) is 30.3. The molecule has 11 aromatic rings. The molecule has 5 heteroatoms. The van der Waals surface area contributed by atoms with E-state index in [0.717, 1.165) is 49.1 Å². The molecule has 0 N–H and O–H groups in total. The molecule has 0 spiro atoms. The molecular weight excluding hydrogens is 689 g/mol. The van der Waals surface area contributed by atoms with Crippen molar-refractivity contribution in [3.8, 4) is 55.9 Å². The molecule has 2 heterocycles. The molecule has 0 amide bonds. The zero-order valence-electron chi connectivity index (χ0n) is 29.5. The summed E-state index contributed by atoms with van der Waals surface area (Å²) >= 11 is 1.78. The van der Waals surface area contributed by atoms with Gasteiger partial charge < -0.3 is 0 Å². The van der Waals surface area contributed by atoms with Gasteiger partial charge in [0, 0.05) is 27.6 Å². The molecule has 4 nitrogen and oxygen atoms in total. The van der Waals surface area contributed by atoms with Crippen molar-refractivity contribution in [1.29, 1.82) is 0 Å². The maximum absolute atomic E-state index is 5.09. The van der Waals surface area contributed by atoms with Gasteiger partial charge in [0.15, 0.2) is 17.5 Å². The van der Waals surface area contributed by atoms with Crippen LogP contribution in [0.1, 0.15) is 0 Å². The molecule has 0 saturated carbocycles. The minimum Gasteiger partial charge on any atom is -0.236 e. The van der Waals surface area contributed by atoms with Gasteiger partial charge in [0.05, 0.1) is 10.2 Å². The number of thiazole rings is 1. The largest absolute Gasteiger partial charge is 0.236 e. The first-order valence-corrected chi connectivity index (χ1v) is 19.2. The van der Waals surface area contributed by atoms with Crippen LogP contribution in [-0.2, 0) is 0 Å². The fraction of sp³-hybridized carbons (Fsp3) is 0. The van der Waals surface area contributed by atoms with Gasteiger partial charge in [-0.3, -0.25) is 0 Å². The molecule has 0 radical (unpaired) electrons. The summed E-state index contributed by atoms with van der Waals surface area (Å²) in [7, 11) is 0. The normalized spacial score (nSPS) is 11.6. The van der Waals surface area contributed by atoms with Crippen LogP contribution in [-0.4, -0.2) is 19.9 Å². The molecule has 0 aliphatic rings. The van der Waals surface area contributed by atoms with E-state index in [1.807, 2.05) is 60.7 Å². The third-order valence-electron chi connectivity index (χ3n) is 10.5. The minimum absolute atomic E-state index is 0.646. The number of hydrogen-bond donors (Lipinski definition) is 0. The van der Waals surface area contributed by atoms with E-state index in [0.29, 0.717) is 17.5 Å². The van der Waals surface area contributed by atoms with E-state index in [1.165, 1.54) is 42.6 Å². The highest BCUT2D eigenvalue weighted by Gasteiger charge is 2.17. The molecule has 0 saturated heterocycles. The predicted octanol–water partition coefficient (Wildman–Crippen LogP) is 13.4. The van der Waals surface area contributed by atoms with Gasteiger partial charge in [-0.05, 0) is 73.1 Å². The van der Waals surface area contributed by atoms with Crippen LogP contribution in [0.2, 0.25) is 0 Å². The minimum atomic E-state index is 0.646. The molecule has 9 aromatic carbocycles. The first-order valence-electron chi connectivity index (χ1n) is 18.4. The van der Waals surface area contributed by atoms with E-state index < -0.39 is 0 Å². The summed E-state index contributed by atoms with van der Waals surface area (Å²) in [5.74, 6) is 1.95. The zero-order chi connectivity index (χ0) is 36.3. The van der Waals surface area contributed by atoms with Gasteiger partial charge in [-0.25, -0.2) is 19.9 Å². The van der Waals surface area contributed by atoms with Crippen LogP contribution < -0.4 is 0 Å². The lowest BCUT2D eigenvalue weighted by molar-refractivity contribution is 1.07. The Morgan fingerprint density at radius 3 is 1.55 bits per heavy atom. The van der Waals surface area contributed by atoms with Gasteiger partial charge in [-0.1, -0.05) is 158 Å². The Kier molecular flexibility index (Phi) is 7.32. The van der Waals surface area contributed by atoms with Gasteiger partial charge >= 0.3 is 0 Å². The summed E-state index contributed by atoms with van der Waals surface area (Å²) in [5.41, 5.74) is 7.40. The Morgan fingerprint density at radius 1 is 0.327 bits per heavy atom. The number of rotatable bonds is 5. The second-order valence-electron chi connectivity index (χ2n) is 13.8. The third kappa shape index (κ3) is 5.44. The van der Waals surface area contributed by atoms with Crippen molar-refractivity contribution >= 4 is 64.6 Å². The average Bonchev–Trinajstić information content (AvgIpc) is 3.71. The number of hydrogen-bond acceptors (Lipinski definition) is 5. The lowest BCUT2D eigenvalue weighted by Gasteiger charge is -2.14. The summed E-state index contributed by atoms with van der Waals surface area (Å²) in [6.45, 7) is 0. The van der Waals surface area contributed by atoms with Crippen molar-refractivity contribution in [2.45, 2.75) is 0 Å². The molecule has 0 fully saturated rings. The molecule has 0 bridgehead atoms. The van der Waals surface area contributed by atoms with E-state index in [1.54, 1.807) is 11.3 Å². The molecule has 0 aliphatic carbocycles. The van der Waals surface area contributed by atoms with Crippen LogP contribution in [0.25, 0.3) is 109 Å². The van der Waals surface area contributed by atoms with Gasteiger partial charge in [-0.2, -0.15) is 0 Å². The van der Waals surface area contributed by atoms with Crippen molar-refractivity contribution in [3.63, 3.8) is 0 Å². The van der Waals surface area contributed by atoms with E-state index in [9.17, 15) is 0 Å². The van der Waals surface area contributed by atoms with Gasteiger partial charge in [0.1, 0.15) is 5.01 Å². The lowest BCUT2D eigenvalue weighted by atomic mass is 9.90. The van der Waals surface area contributed by atoms with Crippen molar-refractivity contribution in [1.82, 2.24) is 19.9 Å². The standard InChI is InChI=1S/C50H30N4S/c1-4-12-33(13-5-1)47-52-48(34-14-6-2-7-15-34)54-49(53-47)38-25-21-31-20-23-36(28-39(31)29-38)42-30-37-24-22-32-26-27-43-46(55-50(51-43)35-16-8-3-9-17-35)45(32)44(37)41-19-11-10-18-40(41)42/h1-30H. The number of aromatic nitrogens is 4. The molecule has 256 valence electrons. The van der Waals surface area contributed by atoms with Crippen LogP contribution in [0, 0.1) is 0 Å². The predicted molar refractivity (Wildman–Crippen MR) is 230 cm³/mol. The Morgan fingerprint density at radius 2 is 0.855 bits per heavy atom. The first kappa shape index (κ1) is 31.4. The summed E-state index contributed by atoms with van der Waals surface area (Å²) in [4.78, 5) is 20.0. The highest BCUT2D eigenvalue weighted by molar-refractivity contribution is 7.22. The van der Waals surface area contributed by atoms with E-state index >= 15 is 0 Å². The topological polar surface area (TPSA) is 51.6 Å². The highest BCUT2D eigenvalue weighted by Crippen LogP contribution is 2.43. The second kappa shape index (κ2) is 12.8. The summed E-state index contributed by atoms with van der Waals surface area (Å²) in [6.07, 6.45) is 0. The number of nitrogens with zero attached hydrogens (tertiary/aromatic N) is 4. The fourth-order valence-corrected chi connectivity index (χ4v) is 8.96. The Bertz CT molecular complexity index is 3190. The molecular formula is C50H30N4S. The lowest BCUT2D eigenvalue weighted by Crippen LogP contribution is -2.00. The Hall–Kier alpha value is -7.08. The summed E-state index contributed by atoms with van der Waals surface area (Å²) in [5, 5.41) is 10.8. The van der Waals surface area contributed by atoms with Crippen molar-refractivity contribution in [3.05, 3.63) is 182 Å². The van der Waals surface area contributed by atoms with Gasteiger partial charge in [0.25, 0.3) is 0 Å². The summed E-state index contributed by atoms with van der Waals surface area (Å²) < 4.78 is 1.22.